The Morgan fingerprint density at radius 3 is 2.59 bits per heavy atom. The van der Waals surface area contributed by atoms with Crippen molar-refractivity contribution >= 4 is 57.1 Å². The van der Waals surface area contributed by atoms with E-state index in [0.29, 0.717) is 26.5 Å². The third kappa shape index (κ3) is 6.69. The lowest BCUT2D eigenvalue weighted by atomic mass is 9.99. The number of benzene rings is 1. The van der Waals surface area contributed by atoms with Gasteiger partial charge in [0, 0.05) is 13.1 Å². The summed E-state index contributed by atoms with van der Waals surface area (Å²) in [6.07, 6.45) is 2.02. The van der Waals surface area contributed by atoms with Crippen LogP contribution in [0.3, 0.4) is 0 Å². The summed E-state index contributed by atoms with van der Waals surface area (Å²) >= 11 is 2.43. The Kier molecular flexibility index (Phi) is 9.28. The second kappa shape index (κ2) is 12.2. The SMILES string of the molecule is CCOC(=O)Cn1c(=NC(=O)CSCC(=O)N2CCC(C)CC2)sc2cc(C(=O)OC)ccc21. The maximum atomic E-state index is 12.6. The fraction of sp³-hybridized carbons (Fsp3) is 0.522. The summed E-state index contributed by atoms with van der Waals surface area (Å²) in [4.78, 5) is 55.4. The average Bonchev–Trinajstić information content (AvgIpc) is 3.14. The number of fused-ring (bicyclic) bond motifs is 1. The fourth-order valence-electron chi connectivity index (χ4n) is 3.61. The van der Waals surface area contributed by atoms with E-state index in [-0.39, 0.29) is 30.6 Å². The van der Waals surface area contributed by atoms with Crippen molar-refractivity contribution in [2.45, 2.75) is 33.2 Å². The van der Waals surface area contributed by atoms with Gasteiger partial charge in [-0.3, -0.25) is 14.4 Å². The lowest BCUT2D eigenvalue weighted by Crippen LogP contribution is -2.39. The minimum atomic E-state index is -0.481. The number of amides is 2. The van der Waals surface area contributed by atoms with Crippen LogP contribution < -0.4 is 4.80 Å². The quantitative estimate of drug-likeness (QED) is 0.505. The van der Waals surface area contributed by atoms with Crippen molar-refractivity contribution in [3.8, 4) is 0 Å². The number of likely N-dealkylation sites (tertiary alicyclic amines) is 1. The Labute approximate surface area is 206 Å². The van der Waals surface area contributed by atoms with E-state index in [1.807, 2.05) is 4.90 Å². The molecule has 2 aromatic rings. The maximum absolute atomic E-state index is 12.6. The van der Waals surface area contributed by atoms with E-state index in [2.05, 4.69) is 11.9 Å². The minimum absolute atomic E-state index is 0.0410. The molecule has 0 unspecified atom stereocenters. The van der Waals surface area contributed by atoms with Crippen LogP contribution in [0.5, 0.6) is 0 Å². The molecule has 1 saturated heterocycles. The van der Waals surface area contributed by atoms with Crippen LogP contribution in [0.2, 0.25) is 0 Å². The number of methoxy groups -OCH3 is 1. The average molecular weight is 508 g/mol. The van der Waals surface area contributed by atoms with E-state index in [4.69, 9.17) is 9.47 Å². The van der Waals surface area contributed by atoms with Gasteiger partial charge in [-0.15, -0.1) is 11.8 Å². The van der Waals surface area contributed by atoms with Crippen molar-refractivity contribution in [3.05, 3.63) is 28.6 Å². The number of esters is 2. The van der Waals surface area contributed by atoms with Crippen LogP contribution in [0.1, 0.15) is 37.0 Å². The van der Waals surface area contributed by atoms with Crippen LogP contribution in [-0.2, 0) is 30.4 Å². The largest absolute Gasteiger partial charge is 0.465 e. The summed E-state index contributed by atoms with van der Waals surface area (Å²) < 4.78 is 12.1. The zero-order chi connectivity index (χ0) is 24.7. The Balaban J connectivity index is 1.75. The van der Waals surface area contributed by atoms with Crippen LogP contribution in [0.4, 0.5) is 0 Å². The van der Waals surface area contributed by atoms with E-state index in [9.17, 15) is 19.2 Å². The predicted molar refractivity (Wildman–Crippen MR) is 131 cm³/mol. The van der Waals surface area contributed by atoms with Gasteiger partial charge in [0.05, 0.1) is 41.0 Å². The number of thiazole rings is 1. The van der Waals surface area contributed by atoms with Crippen molar-refractivity contribution in [1.82, 2.24) is 9.47 Å². The van der Waals surface area contributed by atoms with Gasteiger partial charge >= 0.3 is 11.9 Å². The van der Waals surface area contributed by atoms with E-state index < -0.39 is 17.8 Å². The minimum Gasteiger partial charge on any atom is -0.465 e. The molecule has 2 amide bonds. The summed E-state index contributed by atoms with van der Waals surface area (Å²) in [5.41, 5.74) is 1.01. The third-order valence-electron chi connectivity index (χ3n) is 5.50. The van der Waals surface area contributed by atoms with Gasteiger partial charge in [0.15, 0.2) is 4.80 Å². The van der Waals surface area contributed by atoms with E-state index in [1.54, 1.807) is 29.7 Å². The summed E-state index contributed by atoms with van der Waals surface area (Å²) in [5, 5.41) is 0. The molecule has 0 radical (unpaired) electrons. The van der Waals surface area contributed by atoms with Gasteiger partial charge < -0.3 is 18.9 Å². The molecule has 0 aliphatic carbocycles. The van der Waals surface area contributed by atoms with E-state index >= 15 is 0 Å². The summed E-state index contributed by atoms with van der Waals surface area (Å²) in [7, 11) is 1.30. The number of carbonyl (C=O) groups is 4. The van der Waals surface area contributed by atoms with Crippen molar-refractivity contribution < 1.29 is 28.7 Å². The molecule has 184 valence electrons. The highest BCUT2D eigenvalue weighted by molar-refractivity contribution is 8.00. The van der Waals surface area contributed by atoms with Gasteiger partial charge in [0.2, 0.25) is 5.91 Å². The van der Waals surface area contributed by atoms with Crippen molar-refractivity contribution in [2.24, 2.45) is 10.9 Å². The second-order valence-electron chi connectivity index (χ2n) is 8.01. The van der Waals surface area contributed by atoms with Gasteiger partial charge in [-0.25, -0.2) is 4.79 Å². The number of thioether (sulfide) groups is 1. The molecule has 1 fully saturated rings. The summed E-state index contributed by atoms with van der Waals surface area (Å²) in [6.45, 7) is 5.56. The lowest BCUT2D eigenvalue weighted by molar-refractivity contribution is -0.143. The van der Waals surface area contributed by atoms with Crippen molar-refractivity contribution in [1.29, 1.82) is 0 Å². The molecule has 9 nitrogen and oxygen atoms in total. The number of ether oxygens (including phenoxy) is 2. The number of piperidine rings is 1. The number of hydrogen-bond donors (Lipinski definition) is 0. The van der Waals surface area contributed by atoms with Crippen molar-refractivity contribution in [2.75, 3.05) is 38.3 Å². The molecule has 2 heterocycles. The third-order valence-corrected chi connectivity index (χ3v) is 7.45. The standard InChI is InChI=1S/C23H29N3O6S2/c1-4-32-21(29)12-26-17-6-5-16(22(30)31-3)11-18(17)34-23(26)24-19(27)13-33-14-20(28)25-9-7-15(2)8-10-25/h5-6,11,15H,4,7-10,12-14H2,1-3H3. The smallest absolute Gasteiger partial charge is 0.337 e. The van der Waals surface area contributed by atoms with Gasteiger partial charge in [0.25, 0.3) is 5.91 Å². The molecule has 1 aromatic carbocycles. The topological polar surface area (TPSA) is 107 Å². The molecule has 1 aliphatic rings. The molecule has 1 aromatic heterocycles. The Morgan fingerprint density at radius 2 is 1.91 bits per heavy atom. The van der Waals surface area contributed by atoms with Crippen LogP contribution >= 0.6 is 23.1 Å². The van der Waals surface area contributed by atoms with Gasteiger partial charge in [-0.2, -0.15) is 4.99 Å². The van der Waals surface area contributed by atoms with E-state index in [1.165, 1.54) is 30.2 Å². The first-order valence-corrected chi connectivity index (χ1v) is 13.1. The Morgan fingerprint density at radius 1 is 1.18 bits per heavy atom. The number of carbonyl (C=O) groups excluding carboxylic acids is 4. The lowest BCUT2D eigenvalue weighted by Gasteiger charge is -2.30. The first kappa shape index (κ1) is 26.0. The number of rotatable bonds is 8. The summed E-state index contributed by atoms with van der Waals surface area (Å²) in [5.74, 6) is -0.371. The monoisotopic (exact) mass is 507 g/mol. The van der Waals surface area contributed by atoms with Crippen LogP contribution in [0, 0.1) is 5.92 Å². The second-order valence-corrected chi connectivity index (χ2v) is 10.0. The highest BCUT2D eigenvalue weighted by Gasteiger charge is 2.20. The van der Waals surface area contributed by atoms with Gasteiger partial charge in [-0.05, 0) is 43.9 Å². The first-order chi connectivity index (χ1) is 16.3. The molecule has 11 heteroatoms. The Hall–Kier alpha value is -2.66. The molecule has 0 N–H and O–H groups in total. The molecule has 0 spiro atoms. The highest BCUT2D eigenvalue weighted by atomic mass is 32.2. The molecule has 0 saturated carbocycles. The molecule has 1 aliphatic heterocycles. The fourth-order valence-corrected chi connectivity index (χ4v) is 5.39. The highest BCUT2D eigenvalue weighted by Crippen LogP contribution is 2.20. The number of nitrogens with zero attached hydrogens (tertiary/aromatic N) is 3. The molecular weight excluding hydrogens is 478 g/mol. The van der Waals surface area contributed by atoms with Gasteiger partial charge in [-0.1, -0.05) is 18.3 Å². The molecule has 0 atom stereocenters. The summed E-state index contributed by atoms with van der Waals surface area (Å²) in [6, 6.07) is 4.93. The predicted octanol–water partition coefficient (Wildman–Crippen LogP) is 2.47. The normalized spacial score (nSPS) is 14.9. The molecule has 3 rings (SSSR count). The zero-order valence-electron chi connectivity index (χ0n) is 19.6. The van der Waals surface area contributed by atoms with Crippen molar-refractivity contribution in [3.63, 3.8) is 0 Å². The maximum Gasteiger partial charge on any atom is 0.337 e. The number of hydrogen-bond acceptors (Lipinski definition) is 8. The Bertz CT molecular complexity index is 1130. The molecule has 34 heavy (non-hydrogen) atoms. The van der Waals surface area contributed by atoms with Crippen LogP contribution in [0.15, 0.2) is 23.2 Å². The number of aromatic nitrogens is 1. The van der Waals surface area contributed by atoms with E-state index in [0.717, 1.165) is 25.9 Å². The molecular formula is C23H29N3O6S2. The van der Waals surface area contributed by atoms with Crippen LogP contribution in [-0.4, -0.2) is 71.5 Å². The zero-order valence-corrected chi connectivity index (χ0v) is 21.2. The van der Waals surface area contributed by atoms with Crippen LogP contribution in [0.25, 0.3) is 10.2 Å². The first-order valence-electron chi connectivity index (χ1n) is 11.1. The molecule has 0 bridgehead atoms. The van der Waals surface area contributed by atoms with Gasteiger partial charge in [0.1, 0.15) is 6.54 Å².